The molecule has 162 valence electrons. The number of fused-ring (bicyclic) bond motifs is 1. The van der Waals surface area contributed by atoms with Gasteiger partial charge in [-0.05, 0) is 19.2 Å². The molecule has 1 aromatic heterocycles. The Labute approximate surface area is 178 Å². The van der Waals surface area contributed by atoms with Gasteiger partial charge in [0.05, 0.1) is 43.1 Å². The number of hydrogen-bond donors (Lipinski definition) is 2. The van der Waals surface area contributed by atoms with E-state index in [4.69, 9.17) is 24.6 Å². The first-order valence-electron chi connectivity index (χ1n) is 9.33. The van der Waals surface area contributed by atoms with Crippen LogP contribution >= 0.6 is 11.3 Å². The summed E-state index contributed by atoms with van der Waals surface area (Å²) in [6.07, 6.45) is -0.551. The SMILES string of the molecule is CNCCN(CCOCCOCCC(=O)O)C(=O)Oc1ccc2nc(C#N)sc2c1. The molecule has 0 spiro atoms. The Morgan fingerprint density at radius 1 is 1.23 bits per heavy atom. The Morgan fingerprint density at radius 2 is 2.00 bits per heavy atom. The molecule has 2 N–H and O–H groups in total. The summed E-state index contributed by atoms with van der Waals surface area (Å²) in [5, 5.41) is 20.8. The van der Waals surface area contributed by atoms with Gasteiger partial charge in [-0.15, -0.1) is 11.3 Å². The van der Waals surface area contributed by atoms with E-state index in [0.717, 1.165) is 4.70 Å². The molecule has 11 heteroatoms. The fourth-order valence-corrected chi connectivity index (χ4v) is 3.17. The zero-order chi connectivity index (χ0) is 21.8. The number of carboxylic acids is 1. The van der Waals surface area contributed by atoms with Gasteiger partial charge in [-0.1, -0.05) is 0 Å². The third-order valence-electron chi connectivity index (χ3n) is 3.89. The maximum absolute atomic E-state index is 12.6. The van der Waals surface area contributed by atoms with Crippen molar-refractivity contribution < 1.29 is 28.9 Å². The molecular weight excluding hydrogens is 412 g/mol. The predicted molar refractivity (Wildman–Crippen MR) is 110 cm³/mol. The summed E-state index contributed by atoms with van der Waals surface area (Å²) in [5.41, 5.74) is 0.683. The number of hydrogen-bond acceptors (Lipinski definition) is 9. The highest BCUT2D eigenvalue weighted by molar-refractivity contribution is 7.19. The number of nitriles is 1. The van der Waals surface area contributed by atoms with Crippen LogP contribution in [0.25, 0.3) is 10.2 Å². The standard InChI is InChI=1S/C19H24N4O6S/c1-21-5-6-23(7-9-28-11-10-27-8-4-18(24)25)19(26)29-14-2-3-15-16(12-14)30-17(13-20)22-15/h2-3,12,21H,4-11H2,1H3,(H,24,25). The van der Waals surface area contributed by atoms with Gasteiger partial charge in [-0.25, -0.2) is 9.78 Å². The minimum absolute atomic E-state index is 0.0468. The zero-order valence-corrected chi connectivity index (χ0v) is 17.4. The van der Waals surface area contributed by atoms with Gasteiger partial charge in [0.15, 0.2) is 5.01 Å². The van der Waals surface area contributed by atoms with Gasteiger partial charge in [-0.2, -0.15) is 5.26 Å². The fourth-order valence-electron chi connectivity index (χ4n) is 2.38. The Morgan fingerprint density at radius 3 is 2.70 bits per heavy atom. The van der Waals surface area contributed by atoms with E-state index in [0.29, 0.717) is 49.1 Å². The molecule has 0 radical (unpaired) electrons. The van der Waals surface area contributed by atoms with E-state index in [1.807, 2.05) is 6.07 Å². The number of likely N-dealkylation sites (N-methyl/N-ethyl adjacent to an activating group) is 1. The van der Waals surface area contributed by atoms with Gasteiger partial charge in [0.25, 0.3) is 0 Å². The van der Waals surface area contributed by atoms with Crippen molar-refractivity contribution in [3.05, 3.63) is 23.2 Å². The molecule has 10 nitrogen and oxygen atoms in total. The molecule has 0 fully saturated rings. The number of benzene rings is 1. The average molecular weight is 436 g/mol. The lowest BCUT2D eigenvalue weighted by Crippen LogP contribution is -2.40. The summed E-state index contributed by atoms with van der Waals surface area (Å²) in [6.45, 7) is 2.38. The molecule has 2 rings (SSSR count). The van der Waals surface area contributed by atoms with E-state index >= 15 is 0 Å². The highest BCUT2D eigenvalue weighted by atomic mass is 32.1. The van der Waals surface area contributed by atoms with E-state index in [-0.39, 0.29) is 19.6 Å². The fraction of sp³-hybridized carbons (Fsp3) is 0.474. The van der Waals surface area contributed by atoms with E-state index in [1.54, 1.807) is 25.2 Å². The van der Waals surface area contributed by atoms with Crippen LogP contribution in [0.2, 0.25) is 0 Å². The molecule has 0 unspecified atom stereocenters. The summed E-state index contributed by atoms with van der Waals surface area (Å²) in [6, 6.07) is 7.04. The quantitative estimate of drug-likeness (QED) is 0.450. The van der Waals surface area contributed by atoms with Crippen molar-refractivity contribution in [1.29, 1.82) is 5.26 Å². The minimum atomic E-state index is -0.908. The lowest BCUT2D eigenvalue weighted by Gasteiger charge is -2.22. The second kappa shape index (κ2) is 12.7. The van der Waals surface area contributed by atoms with Crippen LogP contribution in [0.1, 0.15) is 11.4 Å². The number of thiazole rings is 1. The van der Waals surface area contributed by atoms with Crippen molar-refractivity contribution in [3.8, 4) is 11.8 Å². The number of carbonyl (C=O) groups excluding carboxylic acids is 1. The molecule has 1 amide bonds. The van der Waals surface area contributed by atoms with Gasteiger partial charge in [-0.3, -0.25) is 4.79 Å². The van der Waals surface area contributed by atoms with Crippen molar-refractivity contribution in [1.82, 2.24) is 15.2 Å². The number of nitrogens with one attached hydrogen (secondary N) is 1. The second-order valence-corrected chi connectivity index (χ2v) is 7.12. The maximum atomic E-state index is 12.6. The Kier molecular flexibility index (Phi) is 9.96. The van der Waals surface area contributed by atoms with Crippen LogP contribution in [0.3, 0.4) is 0 Å². The van der Waals surface area contributed by atoms with Gasteiger partial charge >= 0.3 is 12.1 Å². The monoisotopic (exact) mass is 436 g/mol. The number of carbonyl (C=O) groups is 2. The summed E-state index contributed by atoms with van der Waals surface area (Å²) >= 11 is 1.24. The van der Waals surface area contributed by atoms with Crippen molar-refractivity contribution >= 4 is 33.6 Å². The number of rotatable bonds is 13. The highest BCUT2D eigenvalue weighted by Crippen LogP contribution is 2.26. The summed E-state index contributed by atoms with van der Waals surface area (Å²) in [7, 11) is 1.79. The largest absolute Gasteiger partial charge is 0.481 e. The van der Waals surface area contributed by atoms with Crippen LogP contribution in [-0.2, 0) is 14.3 Å². The smallest absolute Gasteiger partial charge is 0.415 e. The lowest BCUT2D eigenvalue weighted by molar-refractivity contribution is -0.138. The molecule has 0 aliphatic carbocycles. The Bertz CT molecular complexity index is 882. The summed E-state index contributed by atoms with van der Waals surface area (Å²) in [4.78, 5) is 28.6. The van der Waals surface area contributed by atoms with E-state index in [1.165, 1.54) is 16.2 Å². The highest BCUT2D eigenvalue weighted by Gasteiger charge is 2.16. The van der Waals surface area contributed by atoms with Crippen molar-refractivity contribution in [2.75, 3.05) is 53.1 Å². The number of amides is 1. The number of nitrogens with zero attached hydrogens (tertiary/aromatic N) is 3. The van der Waals surface area contributed by atoms with Crippen LogP contribution in [0, 0.1) is 11.3 Å². The number of aromatic nitrogens is 1. The van der Waals surface area contributed by atoms with E-state index in [9.17, 15) is 9.59 Å². The van der Waals surface area contributed by atoms with Crippen molar-refractivity contribution in [2.45, 2.75) is 6.42 Å². The van der Waals surface area contributed by atoms with E-state index in [2.05, 4.69) is 10.3 Å². The van der Waals surface area contributed by atoms with Gasteiger partial charge in [0, 0.05) is 25.7 Å². The van der Waals surface area contributed by atoms with Crippen LogP contribution < -0.4 is 10.1 Å². The van der Waals surface area contributed by atoms with Crippen LogP contribution in [-0.4, -0.2) is 80.2 Å². The molecular formula is C19H24N4O6S. The lowest BCUT2D eigenvalue weighted by atomic mass is 10.3. The Balaban J connectivity index is 1.81. The van der Waals surface area contributed by atoms with Crippen LogP contribution in [0.5, 0.6) is 5.75 Å². The number of carboxylic acid groups (broad SMARTS) is 1. The average Bonchev–Trinajstić information content (AvgIpc) is 3.14. The van der Waals surface area contributed by atoms with Crippen molar-refractivity contribution in [3.63, 3.8) is 0 Å². The maximum Gasteiger partial charge on any atom is 0.415 e. The number of aliphatic carboxylic acids is 1. The molecule has 0 bridgehead atoms. The van der Waals surface area contributed by atoms with E-state index < -0.39 is 12.1 Å². The third-order valence-corrected chi connectivity index (χ3v) is 4.81. The van der Waals surface area contributed by atoms with Gasteiger partial charge in [0.2, 0.25) is 0 Å². The zero-order valence-electron chi connectivity index (χ0n) is 16.6. The molecule has 30 heavy (non-hydrogen) atoms. The topological polar surface area (TPSA) is 134 Å². The first kappa shape index (κ1) is 23.5. The van der Waals surface area contributed by atoms with Gasteiger partial charge < -0.3 is 29.5 Å². The minimum Gasteiger partial charge on any atom is -0.481 e. The summed E-state index contributed by atoms with van der Waals surface area (Å²) in [5.74, 6) is -0.530. The first-order chi connectivity index (χ1) is 14.5. The predicted octanol–water partition coefficient (Wildman–Crippen LogP) is 1.70. The Hall–Kier alpha value is -2.78. The molecule has 1 heterocycles. The molecule has 1 aromatic carbocycles. The van der Waals surface area contributed by atoms with Crippen LogP contribution in [0.15, 0.2) is 18.2 Å². The summed E-state index contributed by atoms with van der Waals surface area (Å²) < 4.78 is 16.8. The van der Waals surface area contributed by atoms with Gasteiger partial charge in [0.1, 0.15) is 11.8 Å². The molecule has 0 saturated heterocycles. The molecule has 0 atom stereocenters. The molecule has 0 saturated carbocycles. The first-order valence-corrected chi connectivity index (χ1v) is 10.1. The molecule has 2 aromatic rings. The van der Waals surface area contributed by atoms with Crippen molar-refractivity contribution in [2.24, 2.45) is 0 Å². The normalized spacial score (nSPS) is 10.7. The molecule has 0 aliphatic heterocycles. The van der Waals surface area contributed by atoms with Crippen LogP contribution in [0.4, 0.5) is 4.79 Å². The second-order valence-electron chi connectivity index (χ2n) is 6.09. The third kappa shape index (κ3) is 7.92. The number of ether oxygens (including phenoxy) is 3. The molecule has 0 aliphatic rings.